The molecule has 0 aliphatic heterocycles. The van der Waals surface area contributed by atoms with Crippen LogP contribution in [0.2, 0.25) is 0 Å². The summed E-state index contributed by atoms with van der Waals surface area (Å²) in [7, 11) is 0. The molecule has 0 fully saturated rings. The van der Waals surface area contributed by atoms with Crippen LogP contribution in [-0.2, 0) is 6.42 Å². The summed E-state index contributed by atoms with van der Waals surface area (Å²) in [4.78, 5) is 15.1. The van der Waals surface area contributed by atoms with E-state index in [0.717, 1.165) is 39.9 Å². The summed E-state index contributed by atoms with van der Waals surface area (Å²) in [5, 5.41) is 2.47. The molecule has 0 radical (unpaired) electrons. The maximum absolute atomic E-state index is 5.09. The van der Waals surface area contributed by atoms with E-state index in [1.54, 1.807) is 0 Å². The number of hydrogen-bond donors (Lipinski definition) is 0. The highest BCUT2D eigenvalue weighted by atomic mass is 15.0. The van der Waals surface area contributed by atoms with Gasteiger partial charge in [0, 0.05) is 33.2 Å². The van der Waals surface area contributed by atoms with Crippen LogP contribution in [0.25, 0.3) is 95.0 Å². The van der Waals surface area contributed by atoms with E-state index in [1.807, 2.05) is 36.4 Å². The lowest BCUT2D eigenvalue weighted by molar-refractivity contribution is 1.07. The predicted octanol–water partition coefficient (Wildman–Crippen LogP) is 12.9. The molecule has 0 bridgehead atoms. The van der Waals surface area contributed by atoms with Crippen molar-refractivity contribution in [3.8, 4) is 73.2 Å². The van der Waals surface area contributed by atoms with Crippen LogP contribution >= 0.6 is 0 Å². The molecule has 10 aromatic rings. The number of para-hydroxylation sites is 1. The molecule has 2 heterocycles. The summed E-state index contributed by atoms with van der Waals surface area (Å²) in [6.07, 6.45) is 0.952. The Bertz CT molecular complexity index is 3090. The molecule has 11 rings (SSSR count). The van der Waals surface area contributed by atoms with Gasteiger partial charge in [0.05, 0.1) is 11.0 Å². The van der Waals surface area contributed by atoms with E-state index in [-0.39, 0.29) is 0 Å². The van der Waals surface area contributed by atoms with Crippen LogP contribution in [0.5, 0.6) is 0 Å². The van der Waals surface area contributed by atoms with Gasteiger partial charge in [0.1, 0.15) is 0 Å². The Hall–Kier alpha value is -7.43. The second kappa shape index (κ2) is 13.2. The Labute approximate surface area is 325 Å². The van der Waals surface area contributed by atoms with Gasteiger partial charge in [-0.05, 0) is 93.4 Å². The Balaban J connectivity index is 1.02. The summed E-state index contributed by atoms with van der Waals surface area (Å²) in [5.41, 5.74) is 16.5. The summed E-state index contributed by atoms with van der Waals surface area (Å²) < 4.78 is 2.39. The summed E-state index contributed by atoms with van der Waals surface area (Å²) in [6.45, 7) is 0. The largest absolute Gasteiger partial charge is 0.309 e. The van der Waals surface area contributed by atoms with E-state index in [1.165, 1.54) is 55.2 Å². The SMILES string of the molecule is c1ccc(-c2cccc(-c3nc(-c4ccccc4)nc(-c4ccc(-n5c6ccccc6c6ccc(-c7cccc8c7Cc7ccccc7-8)cc65)cc4)n3)c2)cc1. The maximum Gasteiger partial charge on any atom is 0.164 e. The molecule has 0 unspecified atom stereocenters. The highest BCUT2D eigenvalue weighted by Gasteiger charge is 2.22. The molecule has 4 heteroatoms. The summed E-state index contributed by atoms with van der Waals surface area (Å²) in [6, 6.07) is 68.8. The van der Waals surface area contributed by atoms with E-state index in [9.17, 15) is 0 Å². The Morgan fingerprint density at radius 3 is 1.70 bits per heavy atom. The third-order valence-electron chi connectivity index (χ3n) is 11.1. The minimum atomic E-state index is 0.633. The molecule has 0 spiro atoms. The standard InChI is InChI=1S/C52H34N4/c1-3-13-34(14-4-1)37-18-11-19-40(31-37)52-54-50(35-15-5-2-6-16-35)53-51(55-52)36-25-28-41(29-26-36)56-48-24-10-9-21-45(48)46-30-27-39(33-49(46)56)43-22-12-23-44-42-20-8-7-17-38(42)32-47(43)44/h1-31,33H,32H2. The van der Waals surface area contributed by atoms with Crippen molar-refractivity contribution in [3.63, 3.8) is 0 Å². The third-order valence-corrected chi connectivity index (χ3v) is 11.1. The van der Waals surface area contributed by atoms with Crippen LogP contribution in [0.1, 0.15) is 11.1 Å². The molecule has 0 saturated carbocycles. The van der Waals surface area contributed by atoms with E-state index in [0.29, 0.717) is 17.5 Å². The molecule has 4 nitrogen and oxygen atoms in total. The van der Waals surface area contributed by atoms with Crippen molar-refractivity contribution in [2.75, 3.05) is 0 Å². The predicted molar refractivity (Wildman–Crippen MR) is 230 cm³/mol. The first-order valence-electron chi connectivity index (χ1n) is 19.1. The van der Waals surface area contributed by atoms with Gasteiger partial charge in [-0.2, -0.15) is 0 Å². The van der Waals surface area contributed by atoms with Crippen LogP contribution in [0.15, 0.2) is 194 Å². The first kappa shape index (κ1) is 32.0. The van der Waals surface area contributed by atoms with Gasteiger partial charge in [-0.3, -0.25) is 0 Å². The normalized spacial score (nSPS) is 11.9. The number of hydrogen-bond acceptors (Lipinski definition) is 3. The van der Waals surface area contributed by atoms with Gasteiger partial charge in [-0.1, -0.05) is 152 Å². The van der Waals surface area contributed by atoms with E-state index in [4.69, 9.17) is 15.0 Å². The second-order valence-electron chi connectivity index (χ2n) is 14.4. The number of fused-ring (bicyclic) bond motifs is 6. The zero-order valence-electron chi connectivity index (χ0n) is 30.5. The fourth-order valence-corrected chi connectivity index (χ4v) is 8.42. The van der Waals surface area contributed by atoms with Crippen LogP contribution in [-0.4, -0.2) is 19.5 Å². The molecule has 0 amide bonds. The average molecular weight is 715 g/mol. The fourth-order valence-electron chi connectivity index (χ4n) is 8.42. The molecule has 8 aromatic carbocycles. The van der Waals surface area contributed by atoms with E-state index >= 15 is 0 Å². The molecule has 56 heavy (non-hydrogen) atoms. The molecule has 0 N–H and O–H groups in total. The highest BCUT2D eigenvalue weighted by Crippen LogP contribution is 2.43. The van der Waals surface area contributed by atoms with Crippen LogP contribution in [0.4, 0.5) is 0 Å². The monoisotopic (exact) mass is 714 g/mol. The number of rotatable bonds is 6. The van der Waals surface area contributed by atoms with Crippen molar-refractivity contribution in [1.29, 1.82) is 0 Å². The van der Waals surface area contributed by atoms with Gasteiger partial charge in [0.25, 0.3) is 0 Å². The molecule has 0 atom stereocenters. The lowest BCUT2D eigenvalue weighted by atomic mass is 9.95. The van der Waals surface area contributed by atoms with Crippen LogP contribution in [0, 0.1) is 0 Å². The zero-order chi connectivity index (χ0) is 37.0. The molecule has 0 saturated heterocycles. The first-order chi connectivity index (χ1) is 27.7. The fraction of sp³-hybridized carbons (Fsp3) is 0.0192. The van der Waals surface area contributed by atoms with Gasteiger partial charge in [-0.15, -0.1) is 0 Å². The van der Waals surface area contributed by atoms with Gasteiger partial charge in [0.15, 0.2) is 17.5 Å². The smallest absolute Gasteiger partial charge is 0.164 e. The molecule has 1 aliphatic rings. The highest BCUT2D eigenvalue weighted by molar-refractivity contribution is 6.10. The summed E-state index contributed by atoms with van der Waals surface area (Å²) >= 11 is 0. The van der Waals surface area contributed by atoms with Gasteiger partial charge in [-0.25, -0.2) is 15.0 Å². The maximum atomic E-state index is 5.09. The van der Waals surface area contributed by atoms with Crippen molar-refractivity contribution < 1.29 is 0 Å². The first-order valence-corrected chi connectivity index (χ1v) is 19.1. The summed E-state index contributed by atoms with van der Waals surface area (Å²) in [5.74, 6) is 1.92. The van der Waals surface area contributed by atoms with E-state index in [2.05, 4.69) is 162 Å². The molecular formula is C52H34N4. The quantitative estimate of drug-likeness (QED) is 0.172. The zero-order valence-corrected chi connectivity index (χ0v) is 30.5. The Morgan fingerprint density at radius 2 is 0.893 bits per heavy atom. The number of aromatic nitrogens is 4. The lowest BCUT2D eigenvalue weighted by Crippen LogP contribution is -2.00. The Kier molecular flexibility index (Phi) is 7.52. The number of nitrogens with zero attached hydrogens (tertiary/aromatic N) is 4. The average Bonchev–Trinajstić information content (AvgIpc) is 3.83. The lowest BCUT2D eigenvalue weighted by Gasteiger charge is -2.12. The minimum Gasteiger partial charge on any atom is -0.309 e. The van der Waals surface area contributed by atoms with Gasteiger partial charge in [0.2, 0.25) is 0 Å². The molecule has 2 aromatic heterocycles. The van der Waals surface area contributed by atoms with Gasteiger partial charge < -0.3 is 4.57 Å². The minimum absolute atomic E-state index is 0.633. The third kappa shape index (κ3) is 5.42. The van der Waals surface area contributed by atoms with E-state index < -0.39 is 0 Å². The van der Waals surface area contributed by atoms with Crippen molar-refractivity contribution in [2.24, 2.45) is 0 Å². The van der Waals surface area contributed by atoms with Crippen molar-refractivity contribution in [1.82, 2.24) is 19.5 Å². The topological polar surface area (TPSA) is 43.6 Å². The molecular weight excluding hydrogens is 681 g/mol. The Morgan fingerprint density at radius 1 is 0.339 bits per heavy atom. The van der Waals surface area contributed by atoms with Crippen molar-refractivity contribution in [2.45, 2.75) is 6.42 Å². The van der Waals surface area contributed by atoms with Crippen molar-refractivity contribution in [3.05, 3.63) is 205 Å². The van der Waals surface area contributed by atoms with Crippen molar-refractivity contribution >= 4 is 21.8 Å². The second-order valence-corrected chi connectivity index (χ2v) is 14.4. The molecule has 1 aliphatic carbocycles. The number of benzene rings is 8. The van der Waals surface area contributed by atoms with Gasteiger partial charge >= 0.3 is 0 Å². The van der Waals surface area contributed by atoms with Crippen LogP contribution in [0.3, 0.4) is 0 Å². The van der Waals surface area contributed by atoms with Crippen LogP contribution < -0.4 is 0 Å². The molecule has 262 valence electrons.